The summed E-state index contributed by atoms with van der Waals surface area (Å²) in [5.41, 5.74) is 7.30. The minimum absolute atomic E-state index is 0.0389. The molecule has 0 aliphatic rings. The van der Waals surface area contributed by atoms with Crippen molar-refractivity contribution in [3.05, 3.63) is 29.8 Å². The van der Waals surface area contributed by atoms with Crippen molar-refractivity contribution in [3.8, 4) is 0 Å². The van der Waals surface area contributed by atoms with Crippen LogP contribution in [-0.2, 0) is 9.53 Å². The summed E-state index contributed by atoms with van der Waals surface area (Å²) in [6.07, 6.45) is 0. The second-order valence-electron chi connectivity index (χ2n) is 4.48. The van der Waals surface area contributed by atoms with Gasteiger partial charge in [0.05, 0.1) is 6.61 Å². The van der Waals surface area contributed by atoms with E-state index in [1.54, 1.807) is 7.11 Å². The molecule has 0 spiro atoms. The molecule has 0 fully saturated rings. The van der Waals surface area contributed by atoms with Gasteiger partial charge in [-0.1, -0.05) is 12.2 Å². The van der Waals surface area contributed by atoms with Crippen molar-refractivity contribution in [2.75, 3.05) is 32.2 Å². The van der Waals surface area contributed by atoms with Gasteiger partial charge in [-0.2, -0.15) is 0 Å². The largest absolute Gasteiger partial charge is 0.389 e. The van der Waals surface area contributed by atoms with Gasteiger partial charge in [-0.15, -0.1) is 0 Å². The van der Waals surface area contributed by atoms with Gasteiger partial charge in [0.25, 0.3) is 0 Å². The van der Waals surface area contributed by atoms with Gasteiger partial charge in [0.15, 0.2) is 0 Å². The van der Waals surface area contributed by atoms with Crippen LogP contribution in [0.25, 0.3) is 0 Å². The zero-order chi connectivity index (χ0) is 15.1. The molecule has 110 valence electrons. The van der Waals surface area contributed by atoms with Crippen molar-refractivity contribution in [1.29, 1.82) is 0 Å². The SMILES string of the molecule is COCCNC(=O)C(C)N(C)c1ccc(C(N)=S)cc1. The molecule has 1 unspecified atom stereocenters. The molecule has 1 amide bonds. The number of methoxy groups -OCH3 is 1. The highest BCUT2D eigenvalue weighted by molar-refractivity contribution is 7.80. The lowest BCUT2D eigenvalue weighted by Crippen LogP contribution is -2.44. The van der Waals surface area contributed by atoms with Crippen molar-refractivity contribution in [3.63, 3.8) is 0 Å². The van der Waals surface area contributed by atoms with Crippen LogP contribution in [0.2, 0.25) is 0 Å². The second kappa shape index (κ2) is 7.81. The van der Waals surface area contributed by atoms with Gasteiger partial charge in [0.1, 0.15) is 11.0 Å². The summed E-state index contributed by atoms with van der Waals surface area (Å²) in [6.45, 7) is 2.86. The number of rotatable bonds is 7. The summed E-state index contributed by atoms with van der Waals surface area (Å²) in [5, 5.41) is 2.82. The maximum atomic E-state index is 12.0. The zero-order valence-electron chi connectivity index (χ0n) is 12.1. The number of hydrogen-bond acceptors (Lipinski definition) is 4. The number of benzene rings is 1. The molecule has 1 atom stereocenters. The first kappa shape index (κ1) is 16.4. The fourth-order valence-corrected chi connectivity index (χ4v) is 1.82. The molecule has 0 aliphatic carbocycles. The van der Waals surface area contributed by atoms with Crippen LogP contribution < -0.4 is 16.0 Å². The number of anilines is 1. The smallest absolute Gasteiger partial charge is 0.242 e. The Hall–Kier alpha value is -1.66. The van der Waals surface area contributed by atoms with Crippen LogP contribution >= 0.6 is 12.2 Å². The number of likely N-dealkylation sites (N-methyl/N-ethyl adjacent to an activating group) is 1. The first-order valence-corrected chi connectivity index (χ1v) is 6.77. The molecule has 0 saturated heterocycles. The number of ether oxygens (including phenoxy) is 1. The Labute approximate surface area is 125 Å². The topological polar surface area (TPSA) is 67.6 Å². The van der Waals surface area contributed by atoms with E-state index < -0.39 is 0 Å². The van der Waals surface area contributed by atoms with E-state index in [0.717, 1.165) is 11.3 Å². The van der Waals surface area contributed by atoms with Crippen LogP contribution in [0.1, 0.15) is 12.5 Å². The summed E-state index contributed by atoms with van der Waals surface area (Å²) >= 11 is 4.91. The number of nitrogens with one attached hydrogen (secondary N) is 1. The van der Waals surface area contributed by atoms with E-state index in [9.17, 15) is 4.79 Å². The first-order chi connectivity index (χ1) is 9.47. The summed E-state index contributed by atoms with van der Waals surface area (Å²) in [4.78, 5) is 14.2. The molecule has 6 heteroatoms. The molecule has 0 aromatic heterocycles. The lowest BCUT2D eigenvalue weighted by molar-refractivity contribution is -0.122. The maximum Gasteiger partial charge on any atom is 0.242 e. The molecule has 1 aromatic carbocycles. The van der Waals surface area contributed by atoms with Crippen molar-refractivity contribution in [2.45, 2.75) is 13.0 Å². The number of hydrogen-bond donors (Lipinski definition) is 2. The molecule has 5 nitrogen and oxygen atoms in total. The van der Waals surface area contributed by atoms with Gasteiger partial charge < -0.3 is 20.7 Å². The Bertz CT molecular complexity index is 462. The molecule has 0 bridgehead atoms. The van der Waals surface area contributed by atoms with E-state index >= 15 is 0 Å². The Kier molecular flexibility index (Phi) is 6.41. The Morgan fingerprint density at radius 2 is 2.05 bits per heavy atom. The third kappa shape index (κ3) is 4.47. The Morgan fingerprint density at radius 1 is 1.45 bits per heavy atom. The maximum absolute atomic E-state index is 12.0. The highest BCUT2D eigenvalue weighted by atomic mass is 32.1. The summed E-state index contributed by atoms with van der Waals surface area (Å²) < 4.78 is 4.90. The van der Waals surface area contributed by atoms with Crippen LogP contribution in [0.5, 0.6) is 0 Å². The summed E-state index contributed by atoms with van der Waals surface area (Å²) in [5.74, 6) is -0.0389. The predicted molar refractivity (Wildman–Crippen MR) is 85.1 cm³/mol. The lowest BCUT2D eigenvalue weighted by atomic mass is 10.1. The number of thiocarbonyl (C=S) groups is 1. The van der Waals surface area contributed by atoms with E-state index in [0.29, 0.717) is 18.1 Å². The van der Waals surface area contributed by atoms with Crippen molar-refractivity contribution < 1.29 is 9.53 Å². The first-order valence-electron chi connectivity index (χ1n) is 6.36. The summed E-state index contributed by atoms with van der Waals surface area (Å²) in [6, 6.07) is 7.22. The van der Waals surface area contributed by atoms with Crippen LogP contribution in [0.15, 0.2) is 24.3 Å². The van der Waals surface area contributed by atoms with E-state index in [2.05, 4.69) is 5.32 Å². The second-order valence-corrected chi connectivity index (χ2v) is 4.92. The quantitative estimate of drug-likeness (QED) is 0.578. The van der Waals surface area contributed by atoms with Gasteiger partial charge in [-0.25, -0.2) is 0 Å². The molecule has 1 rings (SSSR count). The average Bonchev–Trinajstić information content (AvgIpc) is 2.46. The molecule has 0 heterocycles. The van der Waals surface area contributed by atoms with Gasteiger partial charge >= 0.3 is 0 Å². The standard InChI is InChI=1S/C14H21N3O2S/c1-10(14(18)16-8-9-19-3)17(2)12-6-4-11(5-7-12)13(15)20/h4-7,10H,8-9H2,1-3H3,(H2,15,20)(H,16,18). The number of nitrogens with two attached hydrogens (primary N) is 1. The molecule has 20 heavy (non-hydrogen) atoms. The Morgan fingerprint density at radius 3 is 2.55 bits per heavy atom. The van der Waals surface area contributed by atoms with E-state index in [1.807, 2.05) is 43.1 Å². The zero-order valence-corrected chi connectivity index (χ0v) is 12.9. The fraction of sp³-hybridized carbons (Fsp3) is 0.429. The monoisotopic (exact) mass is 295 g/mol. The van der Waals surface area contributed by atoms with Crippen molar-refractivity contribution >= 4 is 28.8 Å². The molecule has 0 radical (unpaired) electrons. The van der Waals surface area contributed by atoms with Gasteiger partial charge in [0.2, 0.25) is 5.91 Å². The number of carbonyl (C=O) groups excluding carboxylic acids is 1. The highest BCUT2D eigenvalue weighted by Gasteiger charge is 2.17. The molecular weight excluding hydrogens is 274 g/mol. The molecule has 3 N–H and O–H groups in total. The van der Waals surface area contributed by atoms with E-state index in [1.165, 1.54) is 0 Å². The third-order valence-electron chi connectivity index (χ3n) is 3.12. The third-order valence-corrected chi connectivity index (χ3v) is 3.36. The van der Waals surface area contributed by atoms with Crippen LogP contribution in [-0.4, -0.2) is 44.2 Å². The average molecular weight is 295 g/mol. The van der Waals surface area contributed by atoms with Crippen LogP contribution in [0.3, 0.4) is 0 Å². The molecule has 1 aromatic rings. The minimum Gasteiger partial charge on any atom is -0.389 e. The minimum atomic E-state index is -0.275. The number of amides is 1. The molecular formula is C14H21N3O2S. The summed E-state index contributed by atoms with van der Waals surface area (Å²) in [7, 11) is 3.47. The van der Waals surface area contributed by atoms with Gasteiger partial charge in [0, 0.05) is 32.0 Å². The predicted octanol–water partition coefficient (Wildman–Crippen LogP) is 0.908. The van der Waals surface area contributed by atoms with Gasteiger partial charge in [-0.05, 0) is 31.2 Å². The van der Waals surface area contributed by atoms with E-state index in [4.69, 9.17) is 22.7 Å². The van der Waals surface area contributed by atoms with Crippen LogP contribution in [0.4, 0.5) is 5.69 Å². The van der Waals surface area contributed by atoms with Gasteiger partial charge in [-0.3, -0.25) is 4.79 Å². The van der Waals surface area contributed by atoms with Crippen LogP contribution in [0, 0.1) is 0 Å². The number of carbonyl (C=O) groups is 1. The highest BCUT2D eigenvalue weighted by Crippen LogP contribution is 2.16. The van der Waals surface area contributed by atoms with Crippen molar-refractivity contribution in [2.24, 2.45) is 5.73 Å². The van der Waals surface area contributed by atoms with E-state index in [-0.39, 0.29) is 11.9 Å². The normalized spacial score (nSPS) is 11.8. The van der Waals surface area contributed by atoms with Crippen molar-refractivity contribution in [1.82, 2.24) is 5.32 Å². The fourth-order valence-electron chi connectivity index (χ4n) is 1.68. The lowest BCUT2D eigenvalue weighted by Gasteiger charge is -2.26. The Balaban J connectivity index is 2.65. The molecule has 0 saturated carbocycles. The number of nitrogens with zero attached hydrogens (tertiary/aromatic N) is 1. The molecule has 0 aliphatic heterocycles.